The number of hydrogen-bond acceptors (Lipinski definition) is 2. The zero-order valence-electron chi connectivity index (χ0n) is 11.4. The molecule has 0 spiro atoms. The highest BCUT2D eigenvalue weighted by Crippen LogP contribution is 2.32. The minimum Gasteiger partial charge on any atom is -0.489 e. The molecule has 0 N–H and O–H groups in total. The maximum absolute atomic E-state index is 14.2. The van der Waals surface area contributed by atoms with E-state index in [9.17, 15) is 13.6 Å². The average Bonchev–Trinajstić information content (AvgIpc) is 2.44. The Morgan fingerprint density at radius 3 is 2.67 bits per heavy atom. The maximum atomic E-state index is 14.2. The zero-order valence-corrected chi connectivity index (χ0v) is 12.2. The Kier molecular flexibility index (Phi) is 4.63. The molecule has 2 rings (SSSR count). The van der Waals surface area contributed by atoms with Crippen molar-refractivity contribution >= 4 is 23.2 Å². The van der Waals surface area contributed by atoms with Gasteiger partial charge in [-0.05, 0) is 6.42 Å². The Hall–Kier alpha value is -1.88. The van der Waals surface area contributed by atoms with Crippen LogP contribution in [0.4, 0.5) is 8.78 Å². The molecule has 1 heterocycles. The van der Waals surface area contributed by atoms with Crippen LogP contribution in [0.3, 0.4) is 0 Å². The van der Waals surface area contributed by atoms with Gasteiger partial charge in [0.1, 0.15) is 29.4 Å². The van der Waals surface area contributed by atoms with Gasteiger partial charge in [-0.2, -0.15) is 0 Å². The van der Waals surface area contributed by atoms with E-state index in [4.69, 9.17) is 16.3 Å². The lowest BCUT2D eigenvalue weighted by Crippen LogP contribution is -2.36. The second kappa shape index (κ2) is 6.26. The van der Waals surface area contributed by atoms with E-state index in [1.165, 1.54) is 13.1 Å². The van der Waals surface area contributed by atoms with E-state index in [-0.39, 0.29) is 35.9 Å². The Bertz CT molecular complexity index is 593. The van der Waals surface area contributed by atoms with E-state index in [0.717, 1.165) is 17.0 Å². The first-order valence-electron chi connectivity index (χ1n) is 6.30. The van der Waals surface area contributed by atoms with Crippen molar-refractivity contribution in [3.05, 3.63) is 48.1 Å². The van der Waals surface area contributed by atoms with Crippen molar-refractivity contribution < 1.29 is 18.3 Å². The van der Waals surface area contributed by atoms with Crippen LogP contribution in [0, 0.1) is 11.6 Å². The molecule has 0 aromatic heterocycles. The molecule has 1 unspecified atom stereocenters. The van der Waals surface area contributed by atoms with Gasteiger partial charge in [-0.1, -0.05) is 18.7 Å². The fraction of sp³-hybridized carbons (Fsp3) is 0.267. The lowest BCUT2D eigenvalue weighted by atomic mass is 10.0. The number of hydrogen-bond donors (Lipinski definition) is 0. The molecule has 0 radical (unpaired) electrons. The highest BCUT2D eigenvalue weighted by atomic mass is 35.5. The van der Waals surface area contributed by atoms with Crippen molar-refractivity contribution in [2.75, 3.05) is 13.7 Å². The molecule has 0 saturated carbocycles. The molecule has 1 amide bonds. The Morgan fingerprint density at radius 1 is 1.48 bits per heavy atom. The number of benzene rings is 1. The van der Waals surface area contributed by atoms with Gasteiger partial charge >= 0.3 is 0 Å². The zero-order chi connectivity index (χ0) is 15.6. The van der Waals surface area contributed by atoms with Crippen LogP contribution in [0.1, 0.15) is 12.0 Å². The number of ether oxygens (including phenoxy) is 1. The van der Waals surface area contributed by atoms with Crippen LogP contribution >= 0.6 is 11.6 Å². The van der Waals surface area contributed by atoms with E-state index in [1.54, 1.807) is 6.08 Å². The average molecular weight is 314 g/mol. The van der Waals surface area contributed by atoms with Crippen molar-refractivity contribution in [3.63, 3.8) is 0 Å². The molecular formula is C15H14ClF2NO2. The van der Waals surface area contributed by atoms with E-state index < -0.39 is 17.0 Å². The van der Waals surface area contributed by atoms with Crippen LogP contribution in [-0.4, -0.2) is 29.8 Å². The first-order valence-corrected chi connectivity index (χ1v) is 6.74. The highest BCUT2D eigenvalue weighted by molar-refractivity contribution is 6.31. The molecule has 1 atom stereocenters. The van der Waals surface area contributed by atoms with Crippen molar-refractivity contribution in [1.29, 1.82) is 0 Å². The second-order valence-electron chi connectivity index (χ2n) is 4.55. The molecule has 0 aliphatic carbocycles. The van der Waals surface area contributed by atoms with E-state index in [1.807, 2.05) is 0 Å². The Morgan fingerprint density at radius 2 is 2.10 bits per heavy atom. The summed E-state index contributed by atoms with van der Waals surface area (Å²) in [4.78, 5) is 13.0. The summed E-state index contributed by atoms with van der Waals surface area (Å²) in [5.41, 5.74) is -0.0949. The molecule has 0 saturated heterocycles. The summed E-state index contributed by atoms with van der Waals surface area (Å²) < 4.78 is 33.4. The van der Waals surface area contributed by atoms with Crippen molar-refractivity contribution in [3.8, 4) is 5.75 Å². The topological polar surface area (TPSA) is 29.5 Å². The van der Waals surface area contributed by atoms with E-state index in [2.05, 4.69) is 6.58 Å². The minimum absolute atomic E-state index is 0.0641. The summed E-state index contributed by atoms with van der Waals surface area (Å²) in [6.45, 7) is 3.60. The van der Waals surface area contributed by atoms with Crippen molar-refractivity contribution in [2.24, 2.45) is 0 Å². The monoisotopic (exact) mass is 313 g/mol. The van der Waals surface area contributed by atoms with Gasteiger partial charge in [0.2, 0.25) is 5.91 Å². The van der Waals surface area contributed by atoms with Crippen LogP contribution in [-0.2, 0) is 4.79 Å². The summed E-state index contributed by atoms with van der Waals surface area (Å²) in [7, 11) is 1.43. The first-order chi connectivity index (χ1) is 9.95. The number of carbonyl (C=O) groups is 1. The number of rotatable bonds is 4. The number of nitrogens with zero attached hydrogens (tertiary/aromatic N) is 1. The first kappa shape index (κ1) is 15.5. The molecular weight excluding hydrogens is 300 g/mol. The fourth-order valence-electron chi connectivity index (χ4n) is 2.08. The third kappa shape index (κ3) is 3.08. The molecule has 0 bridgehead atoms. The molecule has 1 aliphatic heterocycles. The Labute approximate surface area is 126 Å². The third-order valence-corrected chi connectivity index (χ3v) is 3.48. The third-order valence-electron chi connectivity index (χ3n) is 3.12. The largest absolute Gasteiger partial charge is 0.489 e. The van der Waals surface area contributed by atoms with Gasteiger partial charge in [0, 0.05) is 19.2 Å². The molecule has 6 heteroatoms. The highest BCUT2D eigenvalue weighted by Gasteiger charge is 2.29. The number of halogens is 3. The van der Waals surface area contributed by atoms with Crippen LogP contribution in [0.2, 0.25) is 0 Å². The van der Waals surface area contributed by atoms with E-state index >= 15 is 0 Å². The minimum atomic E-state index is -0.798. The van der Waals surface area contributed by atoms with Crippen LogP contribution in [0.5, 0.6) is 5.75 Å². The van der Waals surface area contributed by atoms with Gasteiger partial charge in [0.15, 0.2) is 0 Å². The summed E-state index contributed by atoms with van der Waals surface area (Å²) in [6.07, 6.45) is 3.25. The van der Waals surface area contributed by atoms with Crippen molar-refractivity contribution in [1.82, 2.24) is 4.90 Å². The molecule has 21 heavy (non-hydrogen) atoms. The number of amides is 1. The van der Waals surface area contributed by atoms with Gasteiger partial charge in [0.25, 0.3) is 0 Å². The summed E-state index contributed by atoms with van der Waals surface area (Å²) in [5.74, 6) is -1.92. The van der Waals surface area contributed by atoms with Crippen molar-refractivity contribution in [2.45, 2.75) is 11.8 Å². The SMILES string of the molecule is C=CCOc1cc(F)c(C2=CCC(Cl)C(=O)N2C)c(F)c1. The van der Waals surface area contributed by atoms with Gasteiger partial charge in [0.05, 0.1) is 11.3 Å². The van der Waals surface area contributed by atoms with Crippen LogP contribution < -0.4 is 4.74 Å². The van der Waals surface area contributed by atoms with Gasteiger partial charge in [-0.15, -0.1) is 11.6 Å². The predicted octanol–water partition coefficient (Wildman–Crippen LogP) is 3.34. The lowest BCUT2D eigenvalue weighted by Gasteiger charge is -2.28. The normalized spacial score (nSPS) is 18.5. The van der Waals surface area contributed by atoms with Gasteiger partial charge in [-0.25, -0.2) is 8.78 Å². The van der Waals surface area contributed by atoms with Crippen LogP contribution in [0.15, 0.2) is 30.9 Å². The maximum Gasteiger partial charge on any atom is 0.245 e. The molecule has 3 nitrogen and oxygen atoms in total. The lowest BCUT2D eigenvalue weighted by molar-refractivity contribution is -0.126. The number of allylic oxidation sites excluding steroid dienone is 1. The van der Waals surface area contributed by atoms with Gasteiger partial charge < -0.3 is 9.64 Å². The van der Waals surface area contributed by atoms with Crippen LogP contribution in [0.25, 0.3) is 5.70 Å². The number of carbonyl (C=O) groups excluding carboxylic acids is 1. The van der Waals surface area contributed by atoms with Gasteiger partial charge in [-0.3, -0.25) is 4.79 Å². The molecule has 1 aromatic rings. The summed E-state index contributed by atoms with van der Waals surface area (Å²) in [6, 6.07) is 2.15. The fourth-order valence-corrected chi connectivity index (χ4v) is 2.32. The van der Waals surface area contributed by atoms with E-state index in [0.29, 0.717) is 0 Å². The quantitative estimate of drug-likeness (QED) is 0.630. The molecule has 0 fully saturated rings. The summed E-state index contributed by atoms with van der Waals surface area (Å²) in [5, 5.41) is -0.708. The predicted molar refractivity (Wildman–Crippen MR) is 77.1 cm³/mol. The Balaban J connectivity index is 2.40. The second-order valence-corrected chi connectivity index (χ2v) is 5.08. The molecule has 112 valence electrons. The summed E-state index contributed by atoms with van der Waals surface area (Å²) >= 11 is 5.82. The molecule has 1 aliphatic rings. The number of alkyl halides is 1. The molecule has 1 aromatic carbocycles. The standard InChI is InChI=1S/C15H14ClF2NO2/c1-3-6-21-9-7-11(17)14(12(18)8-9)13-5-4-10(16)15(20)19(13)2/h3,5,7-8,10H,1,4,6H2,2H3. The smallest absolute Gasteiger partial charge is 0.245 e.